The maximum Gasteiger partial charge on any atom is 0.412 e. The summed E-state index contributed by atoms with van der Waals surface area (Å²) in [7, 11) is 1.76. The summed E-state index contributed by atoms with van der Waals surface area (Å²) in [5.41, 5.74) is 1.85. The first kappa shape index (κ1) is 21.2. The predicted molar refractivity (Wildman–Crippen MR) is 112 cm³/mol. The highest BCUT2D eigenvalue weighted by atomic mass is 19.1. The smallest absolute Gasteiger partial charge is 0.412 e. The molecular formula is C21H24FN5O3. The van der Waals surface area contributed by atoms with Gasteiger partial charge in [0, 0.05) is 18.4 Å². The van der Waals surface area contributed by atoms with Gasteiger partial charge in [0.1, 0.15) is 11.4 Å². The van der Waals surface area contributed by atoms with Gasteiger partial charge in [-0.25, -0.2) is 14.2 Å². The second-order valence-electron chi connectivity index (χ2n) is 7.99. The van der Waals surface area contributed by atoms with Crippen molar-refractivity contribution in [1.82, 2.24) is 14.8 Å². The lowest BCUT2D eigenvalue weighted by atomic mass is 10.1. The molecule has 9 heteroatoms. The number of aryl methyl sites for hydroxylation is 3. The third-order valence-corrected chi connectivity index (χ3v) is 4.20. The molecule has 2 N–H and O–H groups in total. The van der Waals surface area contributed by atoms with Crippen molar-refractivity contribution >= 4 is 34.4 Å². The Morgan fingerprint density at radius 3 is 2.50 bits per heavy atom. The number of rotatable bonds is 3. The van der Waals surface area contributed by atoms with Crippen LogP contribution in [0, 0.1) is 19.7 Å². The Bertz CT molecular complexity index is 1150. The molecule has 158 valence electrons. The van der Waals surface area contributed by atoms with Crippen molar-refractivity contribution in [1.29, 1.82) is 0 Å². The monoisotopic (exact) mass is 413 g/mol. The van der Waals surface area contributed by atoms with Crippen LogP contribution in [0.25, 0.3) is 11.0 Å². The van der Waals surface area contributed by atoms with Crippen LogP contribution in [0.4, 0.5) is 20.6 Å². The Morgan fingerprint density at radius 2 is 1.83 bits per heavy atom. The lowest BCUT2D eigenvalue weighted by Crippen LogP contribution is -2.27. The fourth-order valence-electron chi connectivity index (χ4n) is 3.06. The lowest BCUT2D eigenvalue weighted by molar-refractivity contribution is 0.0635. The van der Waals surface area contributed by atoms with Gasteiger partial charge < -0.3 is 10.1 Å². The van der Waals surface area contributed by atoms with Crippen molar-refractivity contribution in [3.05, 3.63) is 47.0 Å². The Kier molecular flexibility index (Phi) is 5.47. The Balaban J connectivity index is 1.88. The number of ether oxygens (including phenoxy) is 1. The van der Waals surface area contributed by atoms with Gasteiger partial charge in [-0.1, -0.05) is 0 Å². The van der Waals surface area contributed by atoms with Crippen LogP contribution in [0.5, 0.6) is 0 Å². The van der Waals surface area contributed by atoms with Gasteiger partial charge in [0.2, 0.25) is 0 Å². The molecule has 0 radical (unpaired) electrons. The van der Waals surface area contributed by atoms with Crippen LogP contribution in [-0.2, 0) is 11.8 Å². The fourth-order valence-corrected chi connectivity index (χ4v) is 3.06. The topological polar surface area (TPSA) is 98.1 Å². The van der Waals surface area contributed by atoms with E-state index in [0.29, 0.717) is 33.7 Å². The summed E-state index contributed by atoms with van der Waals surface area (Å²) in [5, 5.41) is 10.1. The molecular weight excluding hydrogens is 389 g/mol. The fraction of sp³-hybridized carbons (Fsp3) is 0.333. The normalized spacial score (nSPS) is 11.4. The van der Waals surface area contributed by atoms with Crippen molar-refractivity contribution in [2.75, 3.05) is 10.6 Å². The molecule has 3 aromatic rings. The highest BCUT2D eigenvalue weighted by Gasteiger charge is 2.20. The molecule has 2 aromatic heterocycles. The third-order valence-electron chi connectivity index (χ3n) is 4.20. The summed E-state index contributed by atoms with van der Waals surface area (Å²) in [6, 6.07) is 5.58. The first-order valence-corrected chi connectivity index (χ1v) is 9.36. The van der Waals surface area contributed by atoms with Crippen LogP contribution in [0.2, 0.25) is 0 Å². The van der Waals surface area contributed by atoms with Crippen molar-refractivity contribution < 1.29 is 18.7 Å². The van der Waals surface area contributed by atoms with Crippen molar-refractivity contribution in [2.24, 2.45) is 7.05 Å². The molecule has 30 heavy (non-hydrogen) atoms. The summed E-state index contributed by atoms with van der Waals surface area (Å²) < 4.78 is 20.9. The number of benzene rings is 1. The SMILES string of the molecule is Cc1cc(C(=O)Nc2ccc(F)c(NC(=O)OC(C)(C)C)c2)c2c(C)nn(C)c2n1. The highest BCUT2D eigenvalue weighted by molar-refractivity contribution is 6.12. The van der Waals surface area contributed by atoms with E-state index in [9.17, 15) is 14.0 Å². The minimum absolute atomic E-state index is 0.101. The van der Waals surface area contributed by atoms with Crippen molar-refractivity contribution in [3.8, 4) is 0 Å². The van der Waals surface area contributed by atoms with Gasteiger partial charge in [0.05, 0.1) is 22.3 Å². The number of nitrogens with zero attached hydrogens (tertiary/aromatic N) is 3. The molecule has 0 aliphatic carbocycles. The van der Waals surface area contributed by atoms with E-state index in [1.54, 1.807) is 52.4 Å². The molecule has 0 spiro atoms. The van der Waals surface area contributed by atoms with E-state index in [2.05, 4.69) is 20.7 Å². The zero-order valence-corrected chi connectivity index (χ0v) is 17.8. The number of carbonyl (C=O) groups excluding carboxylic acids is 2. The molecule has 0 unspecified atom stereocenters. The average Bonchev–Trinajstić information content (AvgIpc) is 2.89. The molecule has 8 nitrogen and oxygen atoms in total. The van der Waals surface area contributed by atoms with Gasteiger partial charge in [-0.05, 0) is 58.9 Å². The molecule has 2 heterocycles. The van der Waals surface area contributed by atoms with Gasteiger partial charge in [-0.2, -0.15) is 5.10 Å². The number of carbonyl (C=O) groups is 2. The van der Waals surface area contributed by atoms with E-state index in [4.69, 9.17) is 4.74 Å². The molecule has 1 aromatic carbocycles. The second kappa shape index (κ2) is 7.74. The van der Waals surface area contributed by atoms with Crippen LogP contribution >= 0.6 is 0 Å². The molecule has 0 aliphatic rings. The number of amides is 2. The maximum atomic E-state index is 14.1. The summed E-state index contributed by atoms with van der Waals surface area (Å²) in [5.74, 6) is -1.04. The molecule has 0 saturated heterocycles. The number of anilines is 2. The molecule has 0 atom stereocenters. The largest absolute Gasteiger partial charge is 0.444 e. The van der Waals surface area contributed by atoms with Gasteiger partial charge in [0.15, 0.2) is 5.65 Å². The van der Waals surface area contributed by atoms with E-state index >= 15 is 0 Å². The van der Waals surface area contributed by atoms with Gasteiger partial charge in [0.25, 0.3) is 5.91 Å². The van der Waals surface area contributed by atoms with E-state index in [1.165, 1.54) is 12.1 Å². The number of nitrogens with one attached hydrogen (secondary N) is 2. The average molecular weight is 413 g/mol. The van der Waals surface area contributed by atoms with Crippen LogP contribution < -0.4 is 10.6 Å². The van der Waals surface area contributed by atoms with Gasteiger partial charge >= 0.3 is 6.09 Å². The van der Waals surface area contributed by atoms with Crippen LogP contribution in [0.3, 0.4) is 0 Å². The minimum atomic E-state index is -0.790. The first-order chi connectivity index (χ1) is 13.9. The Morgan fingerprint density at radius 1 is 1.13 bits per heavy atom. The lowest BCUT2D eigenvalue weighted by Gasteiger charge is -2.20. The summed E-state index contributed by atoms with van der Waals surface area (Å²) in [6.07, 6.45) is -0.790. The molecule has 0 aliphatic heterocycles. The zero-order valence-electron chi connectivity index (χ0n) is 17.8. The molecule has 3 rings (SSSR count). The Hall–Kier alpha value is -3.49. The Labute approximate surface area is 173 Å². The first-order valence-electron chi connectivity index (χ1n) is 9.36. The molecule has 0 saturated carbocycles. The van der Waals surface area contributed by atoms with E-state index in [-0.39, 0.29) is 5.69 Å². The third kappa shape index (κ3) is 4.56. The van der Waals surface area contributed by atoms with E-state index in [1.807, 2.05) is 0 Å². The van der Waals surface area contributed by atoms with Gasteiger partial charge in [-0.3, -0.25) is 14.8 Å². The summed E-state index contributed by atoms with van der Waals surface area (Å²) in [4.78, 5) is 29.4. The van der Waals surface area contributed by atoms with Crippen LogP contribution in [0.15, 0.2) is 24.3 Å². The number of hydrogen-bond acceptors (Lipinski definition) is 5. The number of aromatic nitrogens is 3. The number of halogens is 1. The number of pyridine rings is 1. The number of fused-ring (bicyclic) bond motifs is 1. The standard InChI is InChI=1S/C21H24FN5O3/c1-11-9-14(17-12(2)26-27(6)18(17)23-11)19(28)24-13-7-8-15(22)16(10-13)25-20(29)30-21(3,4)5/h7-10H,1-6H3,(H,24,28)(H,25,29). The van der Waals surface area contributed by atoms with E-state index < -0.39 is 23.4 Å². The maximum absolute atomic E-state index is 14.1. The van der Waals surface area contributed by atoms with Crippen molar-refractivity contribution in [3.63, 3.8) is 0 Å². The molecule has 0 bridgehead atoms. The summed E-state index contributed by atoms with van der Waals surface area (Å²) in [6.45, 7) is 8.71. The number of hydrogen-bond donors (Lipinski definition) is 2. The van der Waals surface area contributed by atoms with Crippen LogP contribution in [0.1, 0.15) is 42.5 Å². The zero-order chi connectivity index (χ0) is 22.2. The highest BCUT2D eigenvalue weighted by Crippen LogP contribution is 2.25. The van der Waals surface area contributed by atoms with Crippen molar-refractivity contribution in [2.45, 2.75) is 40.2 Å². The van der Waals surface area contributed by atoms with Crippen LogP contribution in [-0.4, -0.2) is 32.4 Å². The molecule has 0 fully saturated rings. The summed E-state index contributed by atoms with van der Waals surface area (Å²) >= 11 is 0. The minimum Gasteiger partial charge on any atom is -0.444 e. The molecule has 2 amide bonds. The second-order valence-corrected chi connectivity index (χ2v) is 7.99. The van der Waals surface area contributed by atoms with Gasteiger partial charge in [-0.15, -0.1) is 0 Å². The van der Waals surface area contributed by atoms with E-state index in [0.717, 1.165) is 6.07 Å². The predicted octanol–water partition coefficient (Wildman–Crippen LogP) is 4.32. The quantitative estimate of drug-likeness (QED) is 0.666.